The van der Waals surface area contributed by atoms with E-state index < -0.39 is 64.5 Å². The fourth-order valence-corrected chi connectivity index (χ4v) is 5.89. The first kappa shape index (κ1) is 50.8. The van der Waals surface area contributed by atoms with Gasteiger partial charge in [-0.1, -0.05) is 0 Å². The number of methoxy groups -OCH3 is 2. The van der Waals surface area contributed by atoms with Gasteiger partial charge < -0.3 is 43.1 Å². The van der Waals surface area contributed by atoms with E-state index in [1.165, 1.54) is 16.9 Å². The Kier molecular flexibility index (Phi) is 19.1. The standard InChI is InChI=1S/C15H24FNO5.C12H20FNO4.C12H21NO4/c1-5-21-12(19)9-11(18)15(16)7-6-8-17(10-15)13(20)22-14(2,3)4;1-11(2,3)18-10(16)14-7-5-6-12(13,8-14)9(15)17-4;1-12(2,3)17-11(15)13-7-5-6-9(8-13)10(14)16-4/h5-10H2,1-4H3;5-8H2,1-4H3;9H,5-8H2,1-4H3. The number of rotatable bonds is 6. The number of carbonyl (C=O) groups excluding carboxylic acids is 7. The van der Waals surface area contributed by atoms with E-state index in [0.717, 1.165) is 20.0 Å². The molecule has 3 fully saturated rings. The Morgan fingerprint density at radius 3 is 1.47 bits per heavy atom. The number of alkyl halides is 2. The molecule has 16 nitrogen and oxygen atoms in total. The molecule has 3 aliphatic rings. The van der Waals surface area contributed by atoms with Crippen molar-refractivity contribution < 1.29 is 70.8 Å². The minimum atomic E-state index is -2.22. The van der Waals surface area contributed by atoms with Gasteiger partial charge in [-0.2, -0.15) is 0 Å². The molecule has 3 aliphatic heterocycles. The number of Topliss-reactive ketones (excluding diaryl/α,β-unsaturated/α-hetero) is 1. The van der Waals surface area contributed by atoms with E-state index in [9.17, 15) is 42.3 Å². The zero-order valence-corrected chi connectivity index (χ0v) is 35.9. The number of hydrogen-bond donors (Lipinski definition) is 0. The predicted molar refractivity (Wildman–Crippen MR) is 203 cm³/mol. The number of carbonyl (C=O) groups is 7. The average Bonchev–Trinajstić information content (AvgIpc) is 3.09. The van der Waals surface area contributed by atoms with E-state index in [1.807, 2.05) is 20.8 Å². The lowest BCUT2D eigenvalue weighted by Gasteiger charge is -2.36. The van der Waals surface area contributed by atoms with Crippen LogP contribution in [0.15, 0.2) is 0 Å². The zero-order valence-electron chi connectivity index (χ0n) is 35.9. The highest BCUT2D eigenvalue weighted by Crippen LogP contribution is 2.30. The summed E-state index contributed by atoms with van der Waals surface area (Å²) in [5, 5.41) is 0. The molecule has 18 heteroatoms. The molecule has 0 N–H and O–H groups in total. The summed E-state index contributed by atoms with van der Waals surface area (Å²) in [7, 11) is 2.50. The van der Waals surface area contributed by atoms with Crippen molar-refractivity contribution in [2.45, 2.75) is 142 Å². The van der Waals surface area contributed by atoms with Gasteiger partial charge in [0.1, 0.15) is 23.2 Å². The third-order valence-electron chi connectivity index (χ3n) is 8.46. The number of nitrogens with zero attached hydrogens (tertiary/aromatic N) is 3. The van der Waals surface area contributed by atoms with Gasteiger partial charge in [0, 0.05) is 26.2 Å². The average molecular weight is 822 g/mol. The fraction of sp³-hybridized carbons (Fsp3) is 0.821. The number of ketones is 1. The van der Waals surface area contributed by atoms with Crippen LogP contribution in [0.3, 0.4) is 0 Å². The van der Waals surface area contributed by atoms with Gasteiger partial charge in [0.05, 0.1) is 39.8 Å². The number of esters is 3. The van der Waals surface area contributed by atoms with Gasteiger partial charge in [-0.15, -0.1) is 0 Å². The van der Waals surface area contributed by atoms with Crippen LogP contribution in [0.1, 0.15) is 114 Å². The summed E-state index contributed by atoms with van der Waals surface area (Å²) >= 11 is 0. The molecule has 328 valence electrons. The van der Waals surface area contributed by atoms with Crippen LogP contribution in [0, 0.1) is 5.92 Å². The highest BCUT2D eigenvalue weighted by molar-refractivity contribution is 6.00. The van der Waals surface area contributed by atoms with Gasteiger partial charge in [0.2, 0.25) is 5.67 Å². The van der Waals surface area contributed by atoms with Crippen molar-refractivity contribution in [2.24, 2.45) is 5.92 Å². The first-order valence-corrected chi connectivity index (χ1v) is 19.3. The second-order valence-electron chi connectivity index (χ2n) is 17.1. The summed E-state index contributed by atoms with van der Waals surface area (Å²) in [5.41, 5.74) is -6.18. The molecule has 3 atom stereocenters. The fourth-order valence-electron chi connectivity index (χ4n) is 5.89. The molecule has 0 radical (unpaired) electrons. The molecule has 0 aromatic rings. The quantitative estimate of drug-likeness (QED) is 0.174. The van der Waals surface area contributed by atoms with E-state index in [2.05, 4.69) is 9.47 Å². The monoisotopic (exact) mass is 821 g/mol. The molecule has 57 heavy (non-hydrogen) atoms. The SMILES string of the molecule is CCOC(=O)CC(=O)C1(F)CCCN(C(=O)OC(C)(C)C)C1.COC(=O)C1(F)CCCN(C(=O)OC(C)(C)C)C1.COC(=O)C1CCCN(C(=O)OC(C)(C)C)C1. The van der Waals surface area contributed by atoms with E-state index in [4.69, 9.17) is 18.9 Å². The predicted octanol–water partition coefficient (Wildman–Crippen LogP) is 5.95. The normalized spacial score (nSPS) is 22.6. The van der Waals surface area contributed by atoms with E-state index >= 15 is 0 Å². The van der Waals surface area contributed by atoms with Crippen LogP contribution in [0.2, 0.25) is 0 Å². The number of amides is 3. The van der Waals surface area contributed by atoms with Crippen LogP contribution in [0.25, 0.3) is 0 Å². The summed E-state index contributed by atoms with van der Waals surface area (Å²) in [4.78, 5) is 85.7. The lowest BCUT2D eigenvalue weighted by molar-refractivity contribution is -0.158. The summed E-state index contributed by atoms with van der Waals surface area (Å²) in [6, 6.07) is 0. The van der Waals surface area contributed by atoms with Gasteiger partial charge in [0.15, 0.2) is 11.5 Å². The Morgan fingerprint density at radius 1 is 0.632 bits per heavy atom. The van der Waals surface area contributed by atoms with E-state index in [-0.39, 0.29) is 50.5 Å². The second kappa shape index (κ2) is 21.5. The van der Waals surface area contributed by atoms with Crippen LogP contribution in [0.4, 0.5) is 23.2 Å². The number of likely N-dealkylation sites (tertiary alicyclic amines) is 3. The van der Waals surface area contributed by atoms with Crippen molar-refractivity contribution in [1.82, 2.24) is 14.7 Å². The highest BCUT2D eigenvalue weighted by atomic mass is 19.1. The third-order valence-corrected chi connectivity index (χ3v) is 8.46. The molecule has 0 saturated carbocycles. The zero-order chi connectivity index (χ0) is 44.0. The summed E-state index contributed by atoms with van der Waals surface area (Å²) in [6.45, 7) is 18.6. The van der Waals surface area contributed by atoms with Gasteiger partial charge in [-0.25, -0.2) is 28.0 Å². The summed E-state index contributed by atoms with van der Waals surface area (Å²) < 4.78 is 58.5. The van der Waals surface area contributed by atoms with Crippen LogP contribution in [-0.2, 0) is 47.6 Å². The van der Waals surface area contributed by atoms with Crippen molar-refractivity contribution in [3.63, 3.8) is 0 Å². The molecule has 0 aromatic carbocycles. The minimum absolute atomic E-state index is 0.00939. The molecule has 3 unspecified atom stereocenters. The van der Waals surface area contributed by atoms with Crippen LogP contribution in [-0.4, -0.2) is 145 Å². The van der Waals surface area contributed by atoms with Crippen LogP contribution >= 0.6 is 0 Å². The maximum atomic E-state index is 14.8. The van der Waals surface area contributed by atoms with Crippen molar-refractivity contribution in [2.75, 3.05) is 60.1 Å². The van der Waals surface area contributed by atoms with Crippen molar-refractivity contribution >= 4 is 42.0 Å². The Hall–Kier alpha value is -4.25. The number of piperidine rings is 3. The number of halogens is 2. The van der Waals surface area contributed by atoms with E-state index in [0.29, 0.717) is 39.0 Å². The molecule has 3 heterocycles. The molecule has 0 bridgehead atoms. The molecule has 3 saturated heterocycles. The maximum Gasteiger partial charge on any atom is 0.410 e. The largest absolute Gasteiger partial charge is 0.469 e. The van der Waals surface area contributed by atoms with Gasteiger partial charge in [-0.05, 0) is 108 Å². The van der Waals surface area contributed by atoms with Gasteiger partial charge >= 0.3 is 36.2 Å². The van der Waals surface area contributed by atoms with Crippen LogP contribution < -0.4 is 0 Å². The smallest absolute Gasteiger partial charge is 0.410 e. The number of ether oxygens (including phenoxy) is 6. The molecule has 0 aromatic heterocycles. The molecular weight excluding hydrogens is 756 g/mol. The molecule has 0 aliphatic carbocycles. The summed E-state index contributed by atoms with van der Waals surface area (Å²) in [6.07, 6.45) is 0.147. The first-order valence-electron chi connectivity index (χ1n) is 19.3. The Bertz CT molecular complexity index is 1410. The lowest BCUT2D eigenvalue weighted by Crippen LogP contribution is -2.53. The Morgan fingerprint density at radius 2 is 1.05 bits per heavy atom. The first-order chi connectivity index (χ1) is 26.1. The third kappa shape index (κ3) is 18.3. The minimum Gasteiger partial charge on any atom is -0.469 e. The van der Waals surface area contributed by atoms with Gasteiger partial charge in [0.25, 0.3) is 0 Å². The van der Waals surface area contributed by atoms with Gasteiger partial charge in [-0.3, -0.25) is 14.4 Å². The Labute approximate surface area is 335 Å². The van der Waals surface area contributed by atoms with E-state index in [1.54, 1.807) is 53.4 Å². The Balaban J connectivity index is 0.000000432. The molecular formula is C39H65F2N3O13. The van der Waals surface area contributed by atoms with Crippen molar-refractivity contribution in [1.29, 1.82) is 0 Å². The topological polar surface area (TPSA) is 185 Å². The second-order valence-corrected chi connectivity index (χ2v) is 17.1. The van der Waals surface area contributed by atoms with Crippen molar-refractivity contribution in [3.05, 3.63) is 0 Å². The van der Waals surface area contributed by atoms with Crippen LogP contribution in [0.5, 0.6) is 0 Å². The lowest BCUT2D eigenvalue weighted by atomic mass is 9.89. The summed E-state index contributed by atoms with van der Waals surface area (Å²) in [5.74, 6) is -3.01. The maximum absolute atomic E-state index is 14.8. The molecule has 3 rings (SSSR count). The molecule has 0 spiro atoms. The number of hydrogen-bond acceptors (Lipinski definition) is 13. The van der Waals surface area contributed by atoms with Crippen molar-refractivity contribution in [3.8, 4) is 0 Å². The molecule has 3 amide bonds. The highest BCUT2D eigenvalue weighted by Gasteiger charge is 2.47.